The Morgan fingerprint density at radius 2 is 1.62 bits per heavy atom. The van der Waals surface area contributed by atoms with Crippen LogP contribution in [0.1, 0.15) is 117 Å². The number of esters is 1. The first kappa shape index (κ1) is 63.6. The van der Waals surface area contributed by atoms with E-state index in [1.54, 1.807) is 52.5 Å². The van der Waals surface area contributed by atoms with Gasteiger partial charge in [-0.2, -0.15) is 0 Å². The highest BCUT2D eigenvalue weighted by Gasteiger charge is 2.53. The molecule has 3 fully saturated rings. The maximum absolute atomic E-state index is 14.6. The lowest BCUT2D eigenvalue weighted by Gasteiger charge is -2.49. The Balaban J connectivity index is 1.34. The molecular weight excluding hydrogens is 987 g/mol. The highest BCUT2D eigenvalue weighted by molar-refractivity contribution is 5.92. The number of nitrogens with zero attached hydrogens (tertiary/aromatic N) is 3. The maximum Gasteiger partial charge on any atom is 0.341 e. The molecule has 434 valence electrons. The van der Waals surface area contributed by atoms with E-state index in [1.807, 2.05) is 77.7 Å². The van der Waals surface area contributed by atoms with Crippen molar-refractivity contribution in [2.45, 2.75) is 205 Å². The summed E-state index contributed by atoms with van der Waals surface area (Å²) >= 11 is 0. The van der Waals surface area contributed by atoms with Crippen molar-refractivity contribution in [1.29, 1.82) is 0 Å². The monoisotopic (exact) mass is 1080 g/mol. The fourth-order valence-electron chi connectivity index (χ4n) is 11.9. The molecule has 20 nitrogen and oxygen atoms in total. The molecule has 20 heteroatoms. The van der Waals surface area contributed by atoms with Gasteiger partial charge in [-0.05, 0) is 125 Å². The average Bonchev–Trinajstić information content (AvgIpc) is 3.35. The van der Waals surface area contributed by atoms with E-state index in [0.29, 0.717) is 56.5 Å². The van der Waals surface area contributed by atoms with Gasteiger partial charge in [-0.25, -0.2) is 4.79 Å². The second-order valence-electron chi connectivity index (χ2n) is 22.9. The highest BCUT2D eigenvalue weighted by Crippen LogP contribution is 2.41. The van der Waals surface area contributed by atoms with E-state index in [-0.39, 0.29) is 56.1 Å². The number of benzene rings is 1. The number of carbonyl (C=O) groups is 2. The molecule has 5 N–H and O–H groups in total. The van der Waals surface area contributed by atoms with Gasteiger partial charge in [0.15, 0.2) is 12.6 Å². The third-order valence-corrected chi connectivity index (χ3v) is 16.4. The van der Waals surface area contributed by atoms with E-state index in [4.69, 9.17) is 42.6 Å². The molecule has 76 heavy (non-hydrogen) atoms. The number of ether oxygens (including phenoxy) is 9. The zero-order valence-electron chi connectivity index (χ0n) is 47.9. The van der Waals surface area contributed by atoms with Crippen LogP contribution in [0.4, 0.5) is 0 Å². The summed E-state index contributed by atoms with van der Waals surface area (Å²) in [5, 5.41) is 58.2. The second kappa shape index (κ2) is 27.3. The number of aromatic carboxylic acids is 1. The van der Waals surface area contributed by atoms with Crippen LogP contribution < -0.4 is 5.43 Å². The molecule has 3 aliphatic heterocycles. The summed E-state index contributed by atoms with van der Waals surface area (Å²) in [6.07, 6.45) is -5.55. The lowest BCUT2D eigenvalue weighted by molar-refractivity contribution is -0.321. The Kier molecular flexibility index (Phi) is 22.9. The van der Waals surface area contributed by atoms with Crippen LogP contribution in [-0.4, -0.2) is 210 Å². The summed E-state index contributed by atoms with van der Waals surface area (Å²) in [5.41, 5.74) is -3.74. The summed E-state index contributed by atoms with van der Waals surface area (Å²) in [6.45, 7) is 19.9. The largest absolute Gasteiger partial charge is 0.477 e. The van der Waals surface area contributed by atoms with Crippen molar-refractivity contribution >= 4 is 22.8 Å². The molecule has 4 heterocycles. The number of carboxylic acids is 1. The van der Waals surface area contributed by atoms with Crippen molar-refractivity contribution in [1.82, 2.24) is 14.4 Å². The number of aliphatic hydroxyl groups excluding tert-OH is 2. The number of carboxylic acid groups (broad SMARTS) is 1. The van der Waals surface area contributed by atoms with E-state index in [2.05, 4.69) is 0 Å². The van der Waals surface area contributed by atoms with E-state index in [0.717, 1.165) is 5.56 Å². The predicted molar refractivity (Wildman–Crippen MR) is 284 cm³/mol. The topological polar surface area (TPSA) is 247 Å². The number of fused-ring (bicyclic) bond motifs is 1. The van der Waals surface area contributed by atoms with Gasteiger partial charge in [0, 0.05) is 69.9 Å². The Morgan fingerprint density at radius 1 is 0.921 bits per heavy atom. The van der Waals surface area contributed by atoms with Crippen molar-refractivity contribution in [3.63, 3.8) is 0 Å². The number of cyclic esters (lactones) is 1. The lowest BCUT2D eigenvalue weighted by atomic mass is 9.77. The van der Waals surface area contributed by atoms with Crippen LogP contribution in [0.3, 0.4) is 0 Å². The van der Waals surface area contributed by atoms with Crippen LogP contribution in [0, 0.1) is 17.8 Å². The first-order valence-corrected chi connectivity index (χ1v) is 27.2. The normalized spacial score (nSPS) is 37.7. The fourth-order valence-corrected chi connectivity index (χ4v) is 11.9. The Bertz CT molecular complexity index is 2240. The summed E-state index contributed by atoms with van der Waals surface area (Å²) < 4.78 is 58.4. The first-order chi connectivity index (χ1) is 35.6. The number of carbonyl (C=O) groups excluding carboxylic acids is 1. The molecule has 3 saturated heterocycles. The van der Waals surface area contributed by atoms with Gasteiger partial charge in [0.2, 0.25) is 5.43 Å². The molecule has 3 aliphatic rings. The fraction of sp³-hybridized carbons (Fsp3) is 0.804. The molecule has 1 aromatic heterocycles. The molecule has 0 radical (unpaired) electrons. The van der Waals surface area contributed by atoms with Crippen molar-refractivity contribution < 1.29 is 77.8 Å². The van der Waals surface area contributed by atoms with E-state index in [9.17, 15) is 39.9 Å². The third kappa shape index (κ3) is 15.2. The molecule has 5 rings (SSSR count). The number of pyridine rings is 1. The van der Waals surface area contributed by atoms with E-state index < -0.39 is 107 Å². The Labute approximate surface area is 450 Å². The van der Waals surface area contributed by atoms with Gasteiger partial charge in [-0.15, -0.1) is 0 Å². The van der Waals surface area contributed by atoms with Gasteiger partial charge in [0.25, 0.3) is 0 Å². The zero-order chi connectivity index (χ0) is 56.6. The standard InChI is InChI=1S/C56H93N3O17/c1-16-43-56(10,67)48(62)36(6)58(13)30-32(2)28-54(8,66)49(76-53-46(61)42(57(11)12)26-33(3)72-53)34(4)47(35(5)52(65)74-43)75-44-29-55(9,69-15)50(37(7)73-44)71-25-24-70-22-17-18-38-19-20-41-39(27-38)45(60)40(51(63)64)31-59(41)21-23-68-14/h19-20,27,31-37,42-44,46-50,53,61-62,66-67H,16-18,21-26,28-30H2,1-15H3,(H,63,64)/t32-,33-,34+,35-,36-,37+,42+,43-,44+,46-,47+,48+,49-,50+,53+,54-,55-,56-/m1/s1. The maximum atomic E-state index is 14.6. The van der Waals surface area contributed by atoms with Gasteiger partial charge >= 0.3 is 11.9 Å². The van der Waals surface area contributed by atoms with Crippen molar-refractivity contribution in [2.24, 2.45) is 17.8 Å². The number of aliphatic hydroxyl groups is 4. The molecule has 2 aromatic rings. The van der Waals surface area contributed by atoms with Gasteiger partial charge < -0.3 is 82.5 Å². The number of hydrogen-bond donors (Lipinski definition) is 5. The first-order valence-electron chi connectivity index (χ1n) is 27.2. The summed E-state index contributed by atoms with van der Waals surface area (Å²) in [6, 6.07) is 4.62. The molecule has 0 spiro atoms. The van der Waals surface area contributed by atoms with Gasteiger partial charge in [0.05, 0.1) is 66.9 Å². The van der Waals surface area contributed by atoms with Crippen LogP contribution in [0.25, 0.3) is 10.9 Å². The molecule has 0 saturated carbocycles. The SMILES string of the molecule is CC[C@H]1OC(=O)[C@H](C)[C@@H](O[C@H]2C[C@@](C)(OC)[C@@H](OCCOCCCc3ccc4c(c3)c(=O)c(C(=O)O)cn4CCOC)[C@H](C)O2)[C@H](C)[C@@H](O[C@@H]2O[C@H](C)C[C@H](N(C)C)[C@H]2O)[C@](C)(O)C[C@@H](C)CN(C)[C@H](C)[C@H](O)[C@]1(C)O. The summed E-state index contributed by atoms with van der Waals surface area (Å²) in [7, 11) is 8.75. The molecule has 0 aliphatic carbocycles. The Hall–Kier alpha value is -3.19. The highest BCUT2D eigenvalue weighted by atomic mass is 16.7. The average molecular weight is 1080 g/mol. The summed E-state index contributed by atoms with van der Waals surface area (Å²) in [5.74, 6) is -4.02. The number of rotatable bonds is 19. The summed E-state index contributed by atoms with van der Waals surface area (Å²) in [4.78, 5) is 43.4. The molecule has 0 unspecified atom stereocenters. The van der Waals surface area contributed by atoms with E-state index in [1.165, 1.54) is 13.1 Å². The molecular formula is C56H93N3O17. The van der Waals surface area contributed by atoms with Crippen LogP contribution >= 0.6 is 0 Å². The Morgan fingerprint density at radius 3 is 2.25 bits per heavy atom. The van der Waals surface area contributed by atoms with Crippen LogP contribution in [0.2, 0.25) is 0 Å². The minimum absolute atomic E-state index is 0.162. The smallest absolute Gasteiger partial charge is 0.341 e. The molecule has 18 atom stereocenters. The second-order valence-corrected chi connectivity index (χ2v) is 22.9. The van der Waals surface area contributed by atoms with Crippen molar-refractivity contribution in [3.8, 4) is 0 Å². The quantitative estimate of drug-likeness (QED) is 0.0976. The number of methoxy groups -OCH3 is 2. The number of likely N-dealkylation sites (N-methyl/N-ethyl adjacent to an activating group) is 2. The third-order valence-electron chi connectivity index (χ3n) is 16.4. The number of aryl methyl sites for hydroxylation is 1. The van der Waals surface area contributed by atoms with Gasteiger partial charge in [-0.3, -0.25) is 9.59 Å². The minimum Gasteiger partial charge on any atom is -0.477 e. The van der Waals surface area contributed by atoms with Crippen molar-refractivity contribution in [2.75, 3.05) is 68.3 Å². The van der Waals surface area contributed by atoms with Gasteiger partial charge in [0.1, 0.15) is 35.6 Å². The minimum atomic E-state index is -1.84. The molecule has 1 aromatic carbocycles. The van der Waals surface area contributed by atoms with Crippen LogP contribution in [-0.2, 0) is 60.4 Å². The molecule has 0 amide bonds. The number of aromatic nitrogens is 1. The van der Waals surface area contributed by atoms with Crippen LogP contribution in [0.15, 0.2) is 29.2 Å². The van der Waals surface area contributed by atoms with Crippen molar-refractivity contribution in [3.05, 3.63) is 45.7 Å². The predicted octanol–water partition coefficient (Wildman–Crippen LogP) is 4.23. The number of hydrogen-bond acceptors (Lipinski definition) is 18. The zero-order valence-corrected chi connectivity index (χ0v) is 47.9. The lowest BCUT2D eigenvalue weighted by Crippen LogP contribution is -2.61. The van der Waals surface area contributed by atoms with E-state index >= 15 is 0 Å². The van der Waals surface area contributed by atoms with Gasteiger partial charge in [-0.1, -0.05) is 26.8 Å². The molecule has 0 bridgehead atoms. The van der Waals surface area contributed by atoms with Crippen LogP contribution in [0.5, 0.6) is 0 Å².